The predicted octanol–water partition coefficient (Wildman–Crippen LogP) is 6.93. The van der Waals surface area contributed by atoms with Crippen molar-refractivity contribution in [2.75, 3.05) is 39.3 Å². The number of methoxy groups -OCH3 is 1. The first-order valence-corrected chi connectivity index (χ1v) is 17.7. The Bertz CT molecular complexity index is 1130. The number of aryl methyl sites for hydroxylation is 1. The van der Waals surface area contributed by atoms with Crippen molar-refractivity contribution < 1.29 is 19.0 Å². The van der Waals surface area contributed by atoms with Gasteiger partial charge in [-0.2, -0.15) is 0 Å². The third-order valence-corrected chi connectivity index (χ3v) is 12.9. The molecule has 0 aromatic heterocycles. The number of rotatable bonds is 8. The topological polar surface area (TPSA) is 57.1 Å². The van der Waals surface area contributed by atoms with Crippen molar-refractivity contribution in [2.45, 2.75) is 102 Å². The summed E-state index contributed by atoms with van der Waals surface area (Å²) >= 11 is 1.92. The van der Waals surface area contributed by atoms with Gasteiger partial charge in [-0.15, -0.1) is 11.8 Å². The number of thioether (sulfide) groups is 1. The maximum absolute atomic E-state index is 15.2. The second-order valence-corrected chi connectivity index (χ2v) is 15.1. The van der Waals surface area contributed by atoms with E-state index < -0.39 is 5.54 Å². The Balaban J connectivity index is 1.26. The van der Waals surface area contributed by atoms with Crippen LogP contribution in [0.4, 0.5) is 0 Å². The van der Waals surface area contributed by atoms with Crippen LogP contribution in [0.2, 0.25) is 0 Å². The Hall–Kier alpha value is -1.21. The zero-order chi connectivity index (χ0) is 27.9. The molecular formula is C35H49NO4S. The molecule has 0 N–H and O–H groups in total. The Morgan fingerprint density at radius 3 is 2.32 bits per heavy atom. The van der Waals surface area contributed by atoms with E-state index in [1.54, 1.807) is 0 Å². The lowest BCUT2D eigenvalue weighted by atomic mass is 9.59. The van der Waals surface area contributed by atoms with Gasteiger partial charge in [0.1, 0.15) is 0 Å². The zero-order valence-electron chi connectivity index (χ0n) is 25.0. The number of carbonyl (C=O) groups is 1. The standard InChI is InChI=1S/C35H49NO4S/c1-38-29-8-14-34(15-9-29)22-28-7-6-25(5-4-24-2-3-24)21-31(28)35(34)32(37)30(20-26-10-16-39-17-11-26)33(36-35)41-23-27-12-18-40-19-13-27/h6-7,21,24,26-27,29-30H,2-5,8-20,22-23H2,1H3. The van der Waals surface area contributed by atoms with Gasteiger partial charge in [-0.1, -0.05) is 31.0 Å². The summed E-state index contributed by atoms with van der Waals surface area (Å²) < 4.78 is 17.2. The van der Waals surface area contributed by atoms with E-state index in [9.17, 15) is 0 Å². The maximum Gasteiger partial charge on any atom is 0.175 e. The van der Waals surface area contributed by atoms with Gasteiger partial charge in [0, 0.05) is 44.7 Å². The van der Waals surface area contributed by atoms with Gasteiger partial charge in [-0.25, -0.2) is 0 Å². The van der Waals surface area contributed by atoms with E-state index in [4.69, 9.17) is 19.2 Å². The van der Waals surface area contributed by atoms with Crippen molar-refractivity contribution in [2.24, 2.45) is 34.1 Å². The molecule has 2 saturated carbocycles. The highest BCUT2D eigenvalue weighted by atomic mass is 32.2. The van der Waals surface area contributed by atoms with Crippen molar-refractivity contribution in [3.63, 3.8) is 0 Å². The van der Waals surface area contributed by atoms with Gasteiger partial charge in [0.05, 0.1) is 17.1 Å². The molecule has 0 bridgehead atoms. The fourth-order valence-corrected chi connectivity index (χ4v) is 10.1. The molecule has 4 fully saturated rings. The number of benzene rings is 1. The third-order valence-electron chi connectivity index (χ3n) is 11.6. The zero-order valence-corrected chi connectivity index (χ0v) is 25.9. The van der Waals surface area contributed by atoms with Crippen molar-refractivity contribution in [1.29, 1.82) is 0 Å². The van der Waals surface area contributed by atoms with E-state index in [1.807, 2.05) is 18.9 Å². The average molecular weight is 580 g/mol. The molecule has 1 aromatic carbocycles. The summed E-state index contributed by atoms with van der Waals surface area (Å²) in [6, 6.07) is 7.17. The molecule has 2 atom stereocenters. The fraction of sp³-hybridized carbons (Fsp3) is 0.771. The van der Waals surface area contributed by atoms with Crippen LogP contribution in [-0.2, 0) is 37.4 Å². The number of hydrogen-bond donors (Lipinski definition) is 0. The quantitative estimate of drug-likeness (QED) is 0.334. The minimum absolute atomic E-state index is 0.0685. The molecule has 0 amide bonds. The first-order valence-electron chi connectivity index (χ1n) is 16.7. The third kappa shape index (κ3) is 5.49. The van der Waals surface area contributed by atoms with Gasteiger partial charge < -0.3 is 14.2 Å². The molecule has 2 spiro atoms. The van der Waals surface area contributed by atoms with E-state index in [0.29, 0.717) is 23.7 Å². The van der Waals surface area contributed by atoms with Crippen LogP contribution in [0.25, 0.3) is 0 Å². The van der Waals surface area contributed by atoms with Crippen LogP contribution in [0.3, 0.4) is 0 Å². The smallest absolute Gasteiger partial charge is 0.175 e. The lowest BCUT2D eigenvalue weighted by molar-refractivity contribution is -0.132. The number of aliphatic imine (C=N–C) groups is 1. The Kier molecular flexibility index (Phi) is 8.40. The summed E-state index contributed by atoms with van der Waals surface area (Å²) in [5.41, 5.74) is 3.22. The number of fused-ring (bicyclic) bond motifs is 3. The van der Waals surface area contributed by atoms with Gasteiger partial charge in [0.25, 0.3) is 0 Å². The van der Waals surface area contributed by atoms with Crippen LogP contribution in [-0.4, -0.2) is 56.2 Å². The molecule has 5 nitrogen and oxygen atoms in total. The fourth-order valence-electron chi connectivity index (χ4n) is 8.75. The lowest BCUT2D eigenvalue weighted by Gasteiger charge is -2.46. The number of Topliss-reactive ketones (excluding diaryl/α,β-unsaturated/α-hetero) is 1. The van der Waals surface area contributed by atoms with E-state index in [0.717, 1.165) is 114 Å². The molecule has 41 heavy (non-hydrogen) atoms. The molecule has 224 valence electrons. The van der Waals surface area contributed by atoms with Gasteiger partial charge in [-0.05, 0) is 111 Å². The monoisotopic (exact) mass is 579 g/mol. The van der Waals surface area contributed by atoms with Gasteiger partial charge in [-0.3, -0.25) is 9.79 Å². The van der Waals surface area contributed by atoms with Gasteiger partial charge in [0.2, 0.25) is 0 Å². The highest BCUT2D eigenvalue weighted by molar-refractivity contribution is 8.14. The number of carbonyl (C=O) groups excluding carboxylic acids is 1. The summed E-state index contributed by atoms with van der Waals surface area (Å²) in [6.45, 7) is 3.39. The molecule has 2 unspecified atom stereocenters. The lowest BCUT2D eigenvalue weighted by Crippen LogP contribution is -2.49. The molecule has 3 heterocycles. The van der Waals surface area contributed by atoms with E-state index >= 15 is 4.79 Å². The number of hydrogen-bond acceptors (Lipinski definition) is 6. The van der Waals surface area contributed by atoms with Crippen LogP contribution >= 0.6 is 11.8 Å². The molecule has 6 aliphatic rings. The summed E-state index contributed by atoms with van der Waals surface area (Å²) in [5.74, 6) is 3.53. The first kappa shape index (κ1) is 28.6. The highest BCUT2D eigenvalue weighted by Crippen LogP contribution is 2.64. The van der Waals surface area contributed by atoms with Gasteiger partial charge >= 0.3 is 0 Å². The SMILES string of the molecule is COC1CCC2(CC1)Cc1ccc(CCC3CC3)cc1C21N=C(SCC2CCOCC2)C(CC2CCOCC2)C1=O. The molecule has 6 heteroatoms. The van der Waals surface area contributed by atoms with Crippen molar-refractivity contribution in [3.8, 4) is 0 Å². The summed E-state index contributed by atoms with van der Waals surface area (Å²) in [5, 5.41) is 1.15. The molecule has 3 aliphatic carbocycles. The Morgan fingerprint density at radius 2 is 1.63 bits per heavy atom. The van der Waals surface area contributed by atoms with Crippen molar-refractivity contribution in [1.82, 2.24) is 0 Å². The van der Waals surface area contributed by atoms with Crippen molar-refractivity contribution in [3.05, 3.63) is 34.9 Å². The van der Waals surface area contributed by atoms with Crippen LogP contribution in [0.5, 0.6) is 0 Å². The molecule has 1 aromatic rings. The molecular weight excluding hydrogens is 530 g/mol. The first-order chi connectivity index (χ1) is 20.1. The van der Waals surface area contributed by atoms with Crippen LogP contribution < -0.4 is 0 Å². The largest absolute Gasteiger partial charge is 0.381 e. The number of ether oxygens (including phenoxy) is 3. The van der Waals surface area contributed by atoms with E-state index in [-0.39, 0.29) is 11.3 Å². The molecule has 2 saturated heterocycles. The highest BCUT2D eigenvalue weighted by Gasteiger charge is 2.66. The van der Waals surface area contributed by atoms with Gasteiger partial charge in [0.15, 0.2) is 11.3 Å². The van der Waals surface area contributed by atoms with Crippen LogP contribution in [0.15, 0.2) is 23.2 Å². The van der Waals surface area contributed by atoms with E-state index in [2.05, 4.69) is 18.2 Å². The number of nitrogens with zero attached hydrogens (tertiary/aromatic N) is 1. The van der Waals surface area contributed by atoms with Crippen molar-refractivity contribution >= 4 is 22.6 Å². The minimum Gasteiger partial charge on any atom is -0.381 e. The minimum atomic E-state index is -0.718. The summed E-state index contributed by atoms with van der Waals surface area (Å²) in [6.07, 6.45) is 15.9. The van der Waals surface area contributed by atoms with Crippen LogP contribution in [0.1, 0.15) is 93.7 Å². The molecule has 3 aliphatic heterocycles. The van der Waals surface area contributed by atoms with E-state index in [1.165, 1.54) is 36.0 Å². The second kappa shape index (κ2) is 12.1. The summed E-state index contributed by atoms with van der Waals surface area (Å²) in [4.78, 5) is 21.0. The van der Waals surface area contributed by atoms with Crippen LogP contribution in [0, 0.1) is 29.1 Å². The summed E-state index contributed by atoms with van der Waals surface area (Å²) in [7, 11) is 1.85. The second-order valence-electron chi connectivity index (χ2n) is 14.1. The molecule has 7 rings (SSSR count). The Labute approximate surface area is 251 Å². The number of ketones is 1. The Morgan fingerprint density at radius 1 is 0.927 bits per heavy atom. The molecule has 0 radical (unpaired) electrons. The average Bonchev–Trinajstić information content (AvgIpc) is 3.76. The predicted molar refractivity (Wildman–Crippen MR) is 165 cm³/mol. The normalized spacial score (nSPS) is 34.5. The maximum atomic E-state index is 15.2.